The van der Waals surface area contributed by atoms with Gasteiger partial charge in [-0.15, -0.1) is 10.2 Å². The van der Waals surface area contributed by atoms with Crippen LogP contribution >= 0.6 is 0 Å². The minimum atomic E-state index is -4.84. The largest absolute Gasteiger partial charge is 0.505 e. The molecule has 0 heterocycles. The molecule has 0 aromatic heterocycles. The van der Waals surface area contributed by atoms with Gasteiger partial charge in [0.15, 0.2) is 5.75 Å². The van der Waals surface area contributed by atoms with Gasteiger partial charge < -0.3 is 10.4 Å². The molecule has 0 unspecified atom stereocenters. The normalized spacial score (nSPS) is 11.8. The number of azo groups is 1. The Kier molecular flexibility index (Phi) is 10.2. The molecule has 2 radical (unpaired) electrons. The fraction of sp³-hybridized carbons (Fsp3) is 0. The first-order chi connectivity index (χ1) is 18.0. The predicted molar refractivity (Wildman–Crippen MR) is 155 cm³/mol. The molecule has 194 valence electrons. The van der Waals surface area contributed by atoms with E-state index in [9.17, 15) is 31.0 Å². The average Bonchev–Trinajstić information content (AvgIpc) is 2.87. The first-order valence-corrected chi connectivity index (χ1v) is 13.9. The van der Waals surface area contributed by atoms with Crippen LogP contribution in [-0.4, -0.2) is 90.2 Å². The van der Waals surface area contributed by atoms with Gasteiger partial charge in [-0.2, -0.15) is 16.8 Å². The summed E-state index contributed by atoms with van der Waals surface area (Å²) in [5.74, 6) is -0.524. The molecule has 5 aromatic carbocycles. The van der Waals surface area contributed by atoms with Crippen molar-refractivity contribution in [2.75, 3.05) is 5.32 Å². The van der Waals surface area contributed by atoms with Crippen molar-refractivity contribution >= 4 is 124 Å². The minimum Gasteiger partial charge on any atom is -0.505 e. The Morgan fingerprint density at radius 3 is 1.88 bits per heavy atom. The van der Waals surface area contributed by atoms with Gasteiger partial charge in [-0.25, -0.2) is 0 Å². The first-order valence-electron chi connectivity index (χ1n) is 11.0. The van der Waals surface area contributed by atoms with Crippen molar-refractivity contribution in [3.05, 3.63) is 91.0 Å². The second-order valence-electron chi connectivity index (χ2n) is 8.28. The Hall–Kier alpha value is -2.36. The van der Waals surface area contributed by atoms with Gasteiger partial charge in [0.1, 0.15) is 15.5 Å². The van der Waals surface area contributed by atoms with Crippen molar-refractivity contribution in [1.82, 2.24) is 0 Å². The van der Waals surface area contributed by atoms with E-state index in [0.29, 0.717) is 16.5 Å². The third kappa shape index (κ3) is 6.74. The van der Waals surface area contributed by atoms with Gasteiger partial charge >= 0.3 is 0 Å². The van der Waals surface area contributed by atoms with Gasteiger partial charge in [-0.3, -0.25) is 9.11 Å². The van der Waals surface area contributed by atoms with E-state index in [-0.39, 0.29) is 80.5 Å². The number of aromatic hydroxyl groups is 1. The van der Waals surface area contributed by atoms with Crippen LogP contribution in [0.2, 0.25) is 0 Å². The van der Waals surface area contributed by atoms with E-state index in [2.05, 4.69) is 15.5 Å². The van der Waals surface area contributed by atoms with Crippen LogP contribution in [0.5, 0.6) is 5.75 Å². The maximum atomic E-state index is 12.2. The van der Waals surface area contributed by atoms with Crippen LogP contribution in [0.25, 0.3) is 21.5 Å². The summed E-state index contributed by atoms with van der Waals surface area (Å²) in [4.78, 5) is -0.999. The third-order valence-corrected chi connectivity index (χ3v) is 7.57. The minimum absolute atomic E-state index is 0. The monoisotopic (exact) mass is 595 g/mol. The molecule has 5 rings (SSSR count). The fourth-order valence-corrected chi connectivity index (χ4v) is 5.44. The molecule has 0 saturated heterocycles. The summed E-state index contributed by atoms with van der Waals surface area (Å²) in [6.45, 7) is 0. The van der Waals surface area contributed by atoms with Gasteiger partial charge in [0.25, 0.3) is 20.2 Å². The summed E-state index contributed by atoms with van der Waals surface area (Å²) in [6, 6.07) is 23.9. The molecule has 0 amide bonds. The van der Waals surface area contributed by atoms with Gasteiger partial charge in [-0.05, 0) is 53.9 Å². The zero-order valence-electron chi connectivity index (χ0n) is 21.3. The number of hydrogen-bond donors (Lipinski definition) is 4. The van der Waals surface area contributed by atoms with Crippen LogP contribution < -0.4 is 5.32 Å². The number of anilines is 2. The maximum absolute atomic E-state index is 12.2. The van der Waals surface area contributed by atoms with Crippen LogP contribution in [0.3, 0.4) is 0 Å². The topological polar surface area (TPSA) is 166 Å². The molecule has 0 aliphatic carbocycles. The van der Waals surface area contributed by atoms with Crippen LogP contribution in [0, 0.1) is 0 Å². The van der Waals surface area contributed by atoms with Crippen LogP contribution in [-0.2, 0) is 20.2 Å². The summed E-state index contributed by atoms with van der Waals surface area (Å²) in [5.41, 5.74) is 1.05. The molecule has 0 bridgehead atoms. The van der Waals surface area contributed by atoms with Crippen LogP contribution in [0.4, 0.5) is 22.7 Å². The Morgan fingerprint density at radius 2 is 1.23 bits per heavy atom. The van der Waals surface area contributed by atoms with Gasteiger partial charge in [-0.1, -0.05) is 42.5 Å². The zero-order valence-corrected chi connectivity index (χ0v) is 27.0. The summed E-state index contributed by atoms with van der Waals surface area (Å²) < 4.78 is 67.4. The molecular weight excluding hydrogens is 576 g/mol. The molecule has 0 atom stereocenters. The molecule has 0 aliphatic rings. The van der Waals surface area contributed by atoms with Crippen molar-refractivity contribution in [3.8, 4) is 5.75 Å². The number of nitrogens with one attached hydrogen (secondary N) is 1. The molecule has 0 aliphatic heterocycles. The number of benzene rings is 5. The molecule has 10 nitrogen and oxygen atoms in total. The van der Waals surface area contributed by atoms with Crippen molar-refractivity contribution in [2.45, 2.75) is 9.79 Å². The van der Waals surface area contributed by atoms with E-state index in [1.807, 2.05) is 30.3 Å². The van der Waals surface area contributed by atoms with Crippen molar-refractivity contribution < 1.29 is 31.0 Å². The molecule has 0 saturated carbocycles. The number of rotatable bonds is 6. The van der Waals surface area contributed by atoms with Gasteiger partial charge in [0.05, 0.1) is 5.69 Å². The smallest absolute Gasteiger partial charge is 0.296 e. The van der Waals surface area contributed by atoms with E-state index in [4.69, 9.17) is 0 Å². The third-order valence-electron chi connectivity index (χ3n) is 5.79. The van der Waals surface area contributed by atoms with Gasteiger partial charge in [0, 0.05) is 86.6 Å². The SMILES string of the molecule is O=S(=O)(O)c1cc2cc(Nc3ccccc3)ccc2c(O)c1N=Nc1ccc(S(=O)(=O)O)c2ccccc12.[Na].[Na]. The van der Waals surface area contributed by atoms with E-state index in [1.54, 1.807) is 36.4 Å². The Bertz CT molecular complexity index is 1970. The van der Waals surface area contributed by atoms with E-state index < -0.39 is 36.6 Å². The number of hydrogen-bond acceptors (Lipinski definition) is 8. The Morgan fingerprint density at radius 1 is 0.600 bits per heavy atom. The quantitative estimate of drug-likeness (QED) is 0.112. The van der Waals surface area contributed by atoms with E-state index >= 15 is 0 Å². The summed E-state index contributed by atoms with van der Waals surface area (Å²) in [6.07, 6.45) is 0. The number of phenolic OH excluding ortho intramolecular Hbond substituents is 1. The Labute approximate surface area is 274 Å². The summed E-state index contributed by atoms with van der Waals surface area (Å²) in [7, 11) is -9.36. The second-order valence-corrected chi connectivity index (χ2v) is 11.1. The molecule has 5 aromatic rings. The predicted octanol–water partition coefficient (Wildman–Crippen LogP) is 5.59. The summed E-state index contributed by atoms with van der Waals surface area (Å²) in [5, 5.41) is 23.2. The molecule has 40 heavy (non-hydrogen) atoms. The molecule has 0 fully saturated rings. The van der Waals surface area contributed by atoms with Gasteiger partial charge in [0.2, 0.25) is 0 Å². The second kappa shape index (κ2) is 12.7. The number of nitrogens with zero attached hydrogens (tertiary/aromatic N) is 2. The zero-order chi connectivity index (χ0) is 27.1. The number of phenols is 1. The molecule has 14 heteroatoms. The van der Waals surface area contributed by atoms with E-state index in [0.717, 1.165) is 11.8 Å². The maximum Gasteiger partial charge on any atom is 0.296 e. The standard InChI is InChI=1S/C26H19N3O7S2.2Na/c30-26-19-11-10-18(27-17-6-2-1-3-7-17)14-16(19)15-24(38(34,35)36)25(26)29-28-22-12-13-23(37(31,32)33)21-9-5-4-8-20(21)22;;/h1-15,27,30H,(H,31,32,33)(H,34,35,36);;. The van der Waals surface area contributed by atoms with Crippen molar-refractivity contribution in [3.63, 3.8) is 0 Å². The number of fused-ring (bicyclic) bond motifs is 2. The molecule has 4 N–H and O–H groups in total. The fourth-order valence-electron chi connectivity index (χ4n) is 4.08. The molecular formula is C26H19N3Na2O7S2. The van der Waals surface area contributed by atoms with Crippen LogP contribution in [0.15, 0.2) is 111 Å². The van der Waals surface area contributed by atoms with E-state index in [1.165, 1.54) is 18.2 Å². The average molecular weight is 596 g/mol. The first kappa shape index (κ1) is 32.2. The number of para-hydroxylation sites is 1. The van der Waals surface area contributed by atoms with Crippen molar-refractivity contribution in [1.29, 1.82) is 0 Å². The summed E-state index contributed by atoms with van der Waals surface area (Å²) >= 11 is 0. The Balaban J connectivity index is 0.00000220. The molecule has 0 spiro atoms. The van der Waals surface area contributed by atoms with Crippen molar-refractivity contribution in [2.24, 2.45) is 10.2 Å². The van der Waals surface area contributed by atoms with Crippen LogP contribution in [0.1, 0.15) is 0 Å².